The standard InChI is InChI=1S/C16H19NO4S2/c1-4-9-17(12-14-6-5-10-22-14)23(18,19)16-11-13(20-2)7-8-15(16)21-3/h4-8,10-11H,1,9,12H2,2-3H3. The number of benzene rings is 1. The van der Waals surface area contributed by atoms with E-state index in [1.165, 1.54) is 35.9 Å². The lowest BCUT2D eigenvalue weighted by molar-refractivity contribution is 0.386. The molecule has 0 saturated heterocycles. The number of nitrogens with zero attached hydrogens (tertiary/aromatic N) is 1. The van der Waals surface area contributed by atoms with Gasteiger partial charge in [0.25, 0.3) is 0 Å². The summed E-state index contributed by atoms with van der Waals surface area (Å²) in [6, 6.07) is 8.51. The Balaban J connectivity index is 2.46. The summed E-state index contributed by atoms with van der Waals surface area (Å²) in [5, 5.41) is 1.92. The molecule has 0 N–H and O–H groups in total. The van der Waals surface area contributed by atoms with E-state index in [2.05, 4.69) is 6.58 Å². The number of thiophene rings is 1. The third-order valence-electron chi connectivity index (χ3n) is 3.23. The highest BCUT2D eigenvalue weighted by atomic mass is 32.2. The van der Waals surface area contributed by atoms with Crippen LogP contribution in [0.1, 0.15) is 4.88 Å². The molecule has 0 aliphatic carbocycles. The summed E-state index contributed by atoms with van der Waals surface area (Å²) >= 11 is 1.51. The molecule has 1 aromatic carbocycles. The van der Waals surface area contributed by atoms with Gasteiger partial charge in [-0.1, -0.05) is 12.1 Å². The van der Waals surface area contributed by atoms with Crippen LogP contribution in [0.2, 0.25) is 0 Å². The summed E-state index contributed by atoms with van der Waals surface area (Å²) in [5.74, 6) is 0.741. The molecular formula is C16H19NO4S2. The van der Waals surface area contributed by atoms with Crippen molar-refractivity contribution in [2.75, 3.05) is 20.8 Å². The van der Waals surface area contributed by atoms with E-state index in [0.29, 0.717) is 5.75 Å². The summed E-state index contributed by atoms with van der Waals surface area (Å²) in [4.78, 5) is 1.04. The van der Waals surface area contributed by atoms with E-state index in [-0.39, 0.29) is 23.7 Å². The lowest BCUT2D eigenvalue weighted by Gasteiger charge is -2.21. The highest BCUT2D eigenvalue weighted by Gasteiger charge is 2.28. The van der Waals surface area contributed by atoms with E-state index in [9.17, 15) is 8.42 Å². The first-order valence-electron chi connectivity index (χ1n) is 6.88. The minimum atomic E-state index is -3.75. The molecule has 23 heavy (non-hydrogen) atoms. The van der Waals surface area contributed by atoms with Crippen molar-refractivity contribution < 1.29 is 17.9 Å². The first-order chi connectivity index (χ1) is 11.0. The van der Waals surface area contributed by atoms with E-state index in [1.54, 1.807) is 18.2 Å². The number of hydrogen-bond donors (Lipinski definition) is 0. The fraction of sp³-hybridized carbons (Fsp3) is 0.250. The molecule has 0 atom stereocenters. The lowest BCUT2D eigenvalue weighted by atomic mass is 10.3. The monoisotopic (exact) mass is 353 g/mol. The minimum Gasteiger partial charge on any atom is -0.497 e. The zero-order chi connectivity index (χ0) is 16.9. The van der Waals surface area contributed by atoms with Crippen molar-refractivity contribution in [3.05, 3.63) is 53.2 Å². The third kappa shape index (κ3) is 3.93. The van der Waals surface area contributed by atoms with Crippen LogP contribution in [0.25, 0.3) is 0 Å². The zero-order valence-corrected chi connectivity index (χ0v) is 14.7. The second-order valence-corrected chi connectivity index (χ2v) is 7.62. The van der Waals surface area contributed by atoms with Gasteiger partial charge in [0.1, 0.15) is 16.4 Å². The first kappa shape index (κ1) is 17.5. The van der Waals surface area contributed by atoms with Crippen LogP contribution in [0.5, 0.6) is 11.5 Å². The Hall–Kier alpha value is -1.83. The molecule has 0 aliphatic rings. The molecule has 0 fully saturated rings. The highest BCUT2D eigenvalue weighted by Crippen LogP contribution is 2.31. The third-order valence-corrected chi connectivity index (χ3v) is 5.93. The van der Waals surface area contributed by atoms with Crippen LogP contribution in [-0.2, 0) is 16.6 Å². The Labute approximate surface area is 140 Å². The molecule has 5 nitrogen and oxygen atoms in total. The molecule has 7 heteroatoms. The largest absolute Gasteiger partial charge is 0.497 e. The topological polar surface area (TPSA) is 55.8 Å². The average Bonchev–Trinajstić information content (AvgIpc) is 3.07. The van der Waals surface area contributed by atoms with Crippen molar-refractivity contribution in [2.45, 2.75) is 11.4 Å². The molecule has 1 heterocycles. The van der Waals surface area contributed by atoms with Crippen LogP contribution < -0.4 is 9.47 Å². The van der Waals surface area contributed by atoms with Gasteiger partial charge in [0.15, 0.2) is 0 Å². The molecule has 0 bridgehead atoms. The Kier molecular flexibility index (Phi) is 5.81. The van der Waals surface area contributed by atoms with Crippen molar-refractivity contribution in [1.29, 1.82) is 0 Å². The van der Waals surface area contributed by atoms with Crippen LogP contribution in [-0.4, -0.2) is 33.5 Å². The van der Waals surface area contributed by atoms with Crippen LogP contribution in [0.3, 0.4) is 0 Å². The Bertz CT molecular complexity index is 754. The van der Waals surface area contributed by atoms with Gasteiger partial charge in [-0.25, -0.2) is 8.42 Å². The number of ether oxygens (including phenoxy) is 2. The summed E-state index contributed by atoms with van der Waals surface area (Å²) in [6.45, 7) is 4.15. The van der Waals surface area contributed by atoms with Gasteiger partial charge in [-0.2, -0.15) is 4.31 Å². The van der Waals surface area contributed by atoms with Gasteiger partial charge in [-0.15, -0.1) is 17.9 Å². The maximum absolute atomic E-state index is 13.0. The molecule has 0 radical (unpaired) electrons. The fourth-order valence-corrected chi connectivity index (χ4v) is 4.45. The van der Waals surface area contributed by atoms with Crippen LogP contribution in [0, 0.1) is 0 Å². The molecule has 0 saturated carbocycles. The second kappa shape index (κ2) is 7.63. The van der Waals surface area contributed by atoms with Gasteiger partial charge in [0, 0.05) is 24.0 Å². The van der Waals surface area contributed by atoms with Gasteiger partial charge < -0.3 is 9.47 Å². The van der Waals surface area contributed by atoms with E-state index >= 15 is 0 Å². The number of sulfonamides is 1. The van der Waals surface area contributed by atoms with Gasteiger partial charge >= 0.3 is 0 Å². The molecular weight excluding hydrogens is 334 g/mol. The summed E-state index contributed by atoms with van der Waals surface area (Å²) in [5.41, 5.74) is 0. The van der Waals surface area contributed by atoms with Crippen LogP contribution in [0.15, 0.2) is 53.3 Å². The average molecular weight is 353 g/mol. The SMILES string of the molecule is C=CCN(Cc1cccs1)S(=O)(=O)c1cc(OC)ccc1OC. The van der Waals surface area contributed by atoms with Crippen molar-refractivity contribution in [3.63, 3.8) is 0 Å². The maximum atomic E-state index is 13.0. The van der Waals surface area contributed by atoms with E-state index < -0.39 is 10.0 Å². The van der Waals surface area contributed by atoms with Crippen molar-refractivity contribution >= 4 is 21.4 Å². The molecule has 2 rings (SSSR count). The van der Waals surface area contributed by atoms with Gasteiger partial charge in [-0.3, -0.25) is 0 Å². The molecule has 0 aliphatic heterocycles. The number of methoxy groups -OCH3 is 2. The Morgan fingerprint density at radius 3 is 2.61 bits per heavy atom. The zero-order valence-electron chi connectivity index (χ0n) is 13.1. The molecule has 124 valence electrons. The lowest BCUT2D eigenvalue weighted by Crippen LogP contribution is -2.30. The molecule has 0 amide bonds. The fourth-order valence-electron chi connectivity index (χ4n) is 2.09. The molecule has 1 aromatic heterocycles. The van der Waals surface area contributed by atoms with Gasteiger partial charge in [0.2, 0.25) is 10.0 Å². The number of hydrogen-bond acceptors (Lipinski definition) is 5. The smallest absolute Gasteiger partial charge is 0.247 e. The van der Waals surface area contributed by atoms with Crippen molar-refractivity contribution in [2.24, 2.45) is 0 Å². The predicted molar refractivity (Wildman–Crippen MR) is 91.7 cm³/mol. The first-order valence-corrected chi connectivity index (χ1v) is 9.20. The quantitative estimate of drug-likeness (QED) is 0.684. The predicted octanol–water partition coefficient (Wildman–Crippen LogP) is 3.14. The van der Waals surface area contributed by atoms with E-state index in [1.807, 2.05) is 17.5 Å². The normalized spacial score (nSPS) is 11.4. The summed E-state index contributed by atoms with van der Waals surface area (Å²) in [7, 11) is -0.817. The molecule has 0 spiro atoms. The Morgan fingerprint density at radius 1 is 1.26 bits per heavy atom. The highest BCUT2D eigenvalue weighted by molar-refractivity contribution is 7.89. The minimum absolute atomic E-state index is 0.0813. The van der Waals surface area contributed by atoms with Gasteiger partial charge in [-0.05, 0) is 23.6 Å². The molecule has 2 aromatic rings. The van der Waals surface area contributed by atoms with Crippen LogP contribution in [0.4, 0.5) is 0 Å². The second-order valence-electron chi connectivity index (χ2n) is 4.68. The van der Waals surface area contributed by atoms with Crippen LogP contribution >= 0.6 is 11.3 Å². The maximum Gasteiger partial charge on any atom is 0.247 e. The van der Waals surface area contributed by atoms with E-state index in [4.69, 9.17) is 9.47 Å². The molecule has 0 unspecified atom stereocenters. The Morgan fingerprint density at radius 2 is 2.04 bits per heavy atom. The van der Waals surface area contributed by atoms with E-state index in [0.717, 1.165) is 4.88 Å². The van der Waals surface area contributed by atoms with Crippen molar-refractivity contribution in [3.8, 4) is 11.5 Å². The van der Waals surface area contributed by atoms with Gasteiger partial charge in [0.05, 0.1) is 14.2 Å². The number of rotatable bonds is 8. The summed E-state index contributed by atoms with van der Waals surface area (Å²) in [6.07, 6.45) is 1.57. The summed E-state index contributed by atoms with van der Waals surface area (Å²) < 4.78 is 37.8. The van der Waals surface area contributed by atoms with Crippen molar-refractivity contribution in [1.82, 2.24) is 4.31 Å².